The van der Waals surface area contributed by atoms with Gasteiger partial charge in [-0.1, -0.05) is 0 Å². The molecule has 10 heteroatoms. The van der Waals surface area contributed by atoms with E-state index in [4.69, 9.17) is 19.8 Å². The first-order valence-corrected chi connectivity index (χ1v) is 11.2. The van der Waals surface area contributed by atoms with Crippen molar-refractivity contribution in [1.29, 1.82) is 0 Å². The largest absolute Gasteiger partial charge is 0.394 e. The predicted octanol–water partition coefficient (Wildman–Crippen LogP) is 3.81. The van der Waals surface area contributed by atoms with E-state index in [9.17, 15) is 8.78 Å². The number of ether oxygens (including phenoxy) is 1. The lowest BCUT2D eigenvalue weighted by Crippen LogP contribution is -2.20. The van der Waals surface area contributed by atoms with Crippen molar-refractivity contribution in [2.24, 2.45) is 0 Å². The summed E-state index contributed by atoms with van der Waals surface area (Å²) >= 11 is 0. The van der Waals surface area contributed by atoms with Gasteiger partial charge in [-0.05, 0) is 38.8 Å². The van der Waals surface area contributed by atoms with Crippen molar-refractivity contribution in [2.75, 3.05) is 13.2 Å². The summed E-state index contributed by atoms with van der Waals surface area (Å²) < 4.78 is 36.0. The van der Waals surface area contributed by atoms with E-state index in [0.29, 0.717) is 54.4 Å². The fourth-order valence-corrected chi connectivity index (χ4v) is 4.22. The average molecular weight is 466 g/mol. The molecule has 0 saturated carbocycles. The van der Waals surface area contributed by atoms with E-state index in [2.05, 4.69) is 15.1 Å². The molecule has 2 atom stereocenters. The van der Waals surface area contributed by atoms with Gasteiger partial charge in [0.2, 0.25) is 0 Å². The maximum Gasteiger partial charge on any atom is 0.182 e. The van der Waals surface area contributed by atoms with E-state index in [0.717, 1.165) is 17.3 Å². The van der Waals surface area contributed by atoms with Crippen molar-refractivity contribution >= 4 is 11.2 Å². The summed E-state index contributed by atoms with van der Waals surface area (Å²) in [6.07, 6.45) is 4.70. The molecule has 0 aliphatic carbocycles. The van der Waals surface area contributed by atoms with Crippen LogP contribution in [0.4, 0.5) is 8.78 Å². The number of nitrogens with zero attached hydrogens (tertiary/aromatic N) is 6. The lowest BCUT2D eigenvalue weighted by Gasteiger charge is -2.28. The summed E-state index contributed by atoms with van der Waals surface area (Å²) in [5.74, 6) is -0.908. The minimum absolute atomic E-state index is 0.00282. The van der Waals surface area contributed by atoms with Crippen LogP contribution >= 0.6 is 0 Å². The van der Waals surface area contributed by atoms with E-state index in [-0.39, 0.29) is 24.2 Å². The molecule has 1 aromatic carbocycles. The van der Waals surface area contributed by atoms with Gasteiger partial charge in [0, 0.05) is 35.9 Å². The molecule has 4 aromatic rings. The fraction of sp³-hybridized carbons (Fsp3) is 0.375. The van der Waals surface area contributed by atoms with Gasteiger partial charge in [-0.25, -0.2) is 28.7 Å². The molecule has 8 nitrogen and oxygen atoms in total. The smallest absolute Gasteiger partial charge is 0.182 e. The van der Waals surface area contributed by atoms with Crippen LogP contribution in [0, 0.1) is 25.5 Å². The first-order chi connectivity index (χ1) is 16.4. The molecule has 3 aromatic heterocycles. The van der Waals surface area contributed by atoms with Crippen molar-refractivity contribution in [3.8, 4) is 11.3 Å². The standard InChI is InChI=1S/C24H24F2N6O2/c1-13-14(2)29-24-22(28-13)21(18-4-3-17(25)10-19(18)26)30-23(31-24)15-5-8-34-20(9-15)16-11-27-32(12-16)6-7-33/h3-4,10-12,15,20,33H,5-9H2,1-2H3. The zero-order valence-electron chi connectivity index (χ0n) is 18.9. The second-order valence-corrected chi connectivity index (χ2v) is 8.46. The quantitative estimate of drug-likeness (QED) is 0.478. The highest BCUT2D eigenvalue weighted by atomic mass is 19.1. The lowest BCUT2D eigenvalue weighted by molar-refractivity contribution is 0.00395. The Kier molecular flexibility index (Phi) is 6.01. The Morgan fingerprint density at radius 1 is 1.12 bits per heavy atom. The molecule has 1 saturated heterocycles. The zero-order valence-corrected chi connectivity index (χ0v) is 18.9. The molecule has 4 heterocycles. The Balaban J connectivity index is 1.57. The monoisotopic (exact) mass is 466 g/mol. The third-order valence-corrected chi connectivity index (χ3v) is 6.15. The maximum atomic E-state index is 14.8. The van der Waals surface area contributed by atoms with Crippen LogP contribution in [0.2, 0.25) is 0 Å². The molecule has 34 heavy (non-hydrogen) atoms. The molecule has 0 amide bonds. The Hall–Kier alpha value is -3.37. The van der Waals surface area contributed by atoms with Gasteiger partial charge >= 0.3 is 0 Å². The van der Waals surface area contributed by atoms with Gasteiger partial charge in [-0.2, -0.15) is 5.10 Å². The van der Waals surface area contributed by atoms with Gasteiger partial charge in [-0.15, -0.1) is 0 Å². The minimum atomic E-state index is -0.716. The molecule has 2 unspecified atom stereocenters. The Morgan fingerprint density at radius 2 is 1.94 bits per heavy atom. The van der Waals surface area contributed by atoms with Gasteiger partial charge in [0.25, 0.3) is 0 Å². The van der Waals surface area contributed by atoms with Crippen LogP contribution in [0.5, 0.6) is 0 Å². The van der Waals surface area contributed by atoms with Crippen LogP contribution in [0.3, 0.4) is 0 Å². The number of hydrogen-bond donors (Lipinski definition) is 1. The zero-order chi connectivity index (χ0) is 23.8. The second-order valence-electron chi connectivity index (χ2n) is 8.46. The van der Waals surface area contributed by atoms with Gasteiger partial charge in [-0.3, -0.25) is 4.68 Å². The molecular formula is C24H24F2N6O2. The third kappa shape index (κ3) is 4.26. The van der Waals surface area contributed by atoms with Gasteiger partial charge in [0.15, 0.2) is 5.65 Å². The number of aliphatic hydroxyl groups is 1. The van der Waals surface area contributed by atoms with Crippen molar-refractivity contribution in [3.63, 3.8) is 0 Å². The molecular weight excluding hydrogens is 442 g/mol. The molecule has 0 spiro atoms. The Labute approximate surface area is 194 Å². The highest BCUT2D eigenvalue weighted by molar-refractivity contribution is 5.87. The van der Waals surface area contributed by atoms with Gasteiger partial charge < -0.3 is 9.84 Å². The Bertz CT molecular complexity index is 1360. The molecule has 1 fully saturated rings. The Morgan fingerprint density at radius 3 is 2.74 bits per heavy atom. The van der Waals surface area contributed by atoms with E-state index in [1.165, 1.54) is 12.1 Å². The highest BCUT2D eigenvalue weighted by Gasteiger charge is 2.29. The summed E-state index contributed by atoms with van der Waals surface area (Å²) in [7, 11) is 0. The van der Waals surface area contributed by atoms with Crippen LogP contribution < -0.4 is 0 Å². The first-order valence-electron chi connectivity index (χ1n) is 11.2. The van der Waals surface area contributed by atoms with Crippen molar-refractivity contribution < 1.29 is 18.6 Å². The summed E-state index contributed by atoms with van der Waals surface area (Å²) in [5.41, 5.74) is 3.54. The molecule has 5 rings (SSSR count). The molecule has 1 N–H and O–H groups in total. The average Bonchev–Trinajstić information content (AvgIpc) is 3.29. The topological polar surface area (TPSA) is 98.8 Å². The number of hydrogen-bond acceptors (Lipinski definition) is 7. The minimum Gasteiger partial charge on any atom is -0.394 e. The van der Waals surface area contributed by atoms with Crippen molar-refractivity contribution in [3.05, 3.63) is 65.0 Å². The van der Waals surface area contributed by atoms with Crippen molar-refractivity contribution in [2.45, 2.75) is 45.3 Å². The number of benzene rings is 1. The van der Waals surface area contributed by atoms with Crippen LogP contribution in [-0.2, 0) is 11.3 Å². The predicted molar refractivity (Wildman–Crippen MR) is 120 cm³/mol. The van der Waals surface area contributed by atoms with Crippen LogP contribution in [0.15, 0.2) is 30.6 Å². The summed E-state index contributed by atoms with van der Waals surface area (Å²) in [6, 6.07) is 3.41. The molecule has 176 valence electrons. The fourth-order valence-electron chi connectivity index (χ4n) is 4.22. The summed E-state index contributed by atoms with van der Waals surface area (Å²) in [4.78, 5) is 18.6. The maximum absolute atomic E-state index is 14.8. The van der Waals surface area contributed by atoms with E-state index in [1.54, 1.807) is 10.9 Å². The number of rotatable bonds is 5. The number of halogens is 2. The summed E-state index contributed by atoms with van der Waals surface area (Å²) in [5, 5.41) is 13.4. The number of aromatic nitrogens is 6. The van der Waals surface area contributed by atoms with E-state index < -0.39 is 11.6 Å². The van der Waals surface area contributed by atoms with Crippen LogP contribution in [0.1, 0.15) is 47.6 Å². The van der Waals surface area contributed by atoms with E-state index >= 15 is 0 Å². The molecule has 1 aliphatic rings. The second kappa shape index (κ2) is 9.11. The van der Waals surface area contributed by atoms with E-state index in [1.807, 2.05) is 20.0 Å². The molecule has 1 aliphatic heterocycles. The number of fused-ring (bicyclic) bond motifs is 1. The first kappa shape index (κ1) is 22.4. The highest BCUT2D eigenvalue weighted by Crippen LogP contribution is 2.38. The normalized spacial score (nSPS) is 18.5. The third-order valence-electron chi connectivity index (χ3n) is 6.15. The van der Waals surface area contributed by atoms with Gasteiger partial charge in [0.05, 0.1) is 36.8 Å². The number of aliphatic hydroxyl groups excluding tert-OH is 1. The van der Waals surface area contributed by atoms with Crippen LogP contribution in [0.25, 0.3) is 22.4 Å². The van der Waals surface area contributed by atoms with Gasteiger partial charge in [0.1, 0.15) is 28.7 Å². The van der Waals surface area contributed by atoms with Crippen LogP contribution in [-0.4, -0.2) is 48.0 Å². The summed E-state index contributed by atoms with van der Waals surface area (Å²) in [6.45, 7) is 4.58. The number of aryl methyl sites for hydroxylation is 2. The molecule has 0 radical (unpaired) electrons. The SMILES string of the molecule is Cc1nc2nc(C3CCOC(c4cnn(CCO)c4)C3)nc(-c3ccc(F)cc3F)c2nc1C. The lowest BCUT2D eigenvalue weighted by atomic mass is 9.92. The van der Waals surface area contributed by atoms with Crippen molar-refractivity contribution in [1.82, 2.24) is 29.7 Å². The molecule has 0 bridgehead atoms.